The fourth-order valence-corrected chi connectivity index (χ4v) is 6.19. The van der Waals surface area contributed by atoms with E-state index >= 15 is 0 Å². The summed E-state index contributed by atoms with van der Waals surface area (Å²) in [5, 5.41) is 15.6. The summed E-state index contributed by atoms with van der Waals surface area (Å²) in [5.74, 6) is 2.55. The minimum atomic E-state index is -0.421. The predicted octanol–water partition coefficient (Wildman–Crippen LogP) is 4.72. The van der Waals surface area contributed by atoms with Crippen LogP contribution in [0.5, 0.6) is 17.2 Å². The van der Waals surface area contributed by atoms with E-state index in [1.807, 2.05) is 13.0 Å². The molecule has 10 heteroatoms. The normalized spacial score (nSPS) is 21.5. The van der Waals surface area contributed by atoms with E-state index in [9.17, 15) is 14.7 Å². The van der Waals surface area contributed by atoms with Crippen molar-refractivity contribution in [3.05, 3.63) is 42.0 Å². The Kier molecular flexibility index (Phi) is 9.74. The molecule has 1 aliphatic carbocycles. The van der Waals surface area contributed by atoms with Crippen molar-refractivity contribution in [3.63, 3.8) is 0 Å². The molecule has 2 aliphatic heterocycles. The fourth-order valence-electron chi connectivity index (χ4n) is 6.19. The van der Waals surface area contributed by atoms with E-state index < -0.39 is 6.03 Å². The zero-order chi connectivity index (χ0) is 29.6. The number of nitrogens with zero attached hydrogens (tertiary/aromatic N) is 2. The van der Waals surface area contributed by atoms with Gasteiger partial charge in [0, 0.05) is 48.6 Å². The number of likely N-dealkylation sites (N-methyl/N-ethyl adjacent to an activating group) is 1. The quantitative estimate of drug-likeness (QED) is 0.414. The van der Waals surface area contributed by atoms with Crippen LogP contribution in [0.15, 0.2) is 36.4 Å². The number of rotatable bonds is 8. The molecule has 1 saturated carbocycles. The lowest BCUT2D eigenvalue weighted by Gasteiger charge is -2.35. The average molecular weight is 581 g/mol. The van der Waals surface area contributed by atoms with Gasteiger partial charge in [-0.3, -0.25) is 4.79 Å². The average Bonchev–Trinajstić information content (AvgIpc) is 3.45. The Morgan fingerprint density at radius 2 is 1.71 bits per heavy atom. The van der Waals surface area contributed by atoms with Crippen LogP contribution in [0.3, 0.4) is 0 Å². The fraction of sp³-hybridized carbons (Fsp3) is 0.562. The molecule has 10 nitrogen and oxygen atoms in total. The first-order valence-electron chi connectivity index (χ1n) is 15.1. The first kappa shape index (κ1) is 30.0. The molecule has 0 radical (unpaired) electrons. The van der Waals surface area contributed by atoms with Gasteiger partial charge in [0.1, 0.15) is 11.9 Å². The van der Waals surface area contributed by atoms with Gasteiger partial charge in [-0.2, -0.15) is 0 Å². The number of ether oxygens (including phenoxy) is 3. The van der Waals surface area contributed by atoms with E-state index in [-0.39, 0.29) is 43.8 Å². The molecule has 2 heterocycles. The van der Waals surface area contributed by atoms with Gasteiger partial charge in [-0.15, -0.1) is 0 Å². The van der Waals surface area contributed by atoms with E-state index in [1.54, 1.807) is 35.2 Å². The molecule has 2 aromatic rings. The van der Waals surface area contributed by atoms with Crippen molar-refractivity contribution in [2.45, 2.75) is 64.5 Å². The van der Waals surface area contributed by atoms with E-state index in [0.29, 0.717) is 46.6 Å². The highest BCUT2D eigenvalue weighted by molar-refractivity contribution is 6.00. The first-order valence-corrected chi connectivity index (χ1v) is 15.1. The number of nitrogens with one attached hydrogen (secondary N) is 2. The molecular weight excluding hydrogens is 536 g/mol. The van der Waals surface area contributed by atoms with Gasteiger partial charge in [0.05, 0.1) is 19.1 Å². The summed E-state index contributed by atoms with van der Waals surface area (Å²) in [6.45, 7) is 6.31. The second kappa shape index (κ2) is 13.6. The summed E-state index contributed by atoms with van der Waals surface area (Å²) in [4.78, 5) is 30.5. The van der Waals surface area contributed by atoms with Gasteiger partial charge < -0.3 is 39.8 Å². The smallest absolute Gasteiger partial charge is 0.323 e. The molecule has 3 N–H and O–H groups in total. The second-order valence-electron chi connectivity index (χ2n) is 12.1. The van der Waals surface area contributed by atoms with Crippen molar-refractivity contribution in [1.29, 1.82) is 0 Å². The van der Waals surface area contributed by atoms with Crippen molar-refractivity contribution >= 4 is 23.3 Å². The molecule has 228 valence electrons. The highest BCUT2D eigenvalue weighted by Crippen LogP contribution is 2.34. The zero-order valence-electron chi connectivity index (χ0n) is 24.9. The molecule has 0 spiro atoms. The molecule has 0 unspecified atom stereocenters. The summed E-state index contributed by atoms with van der Waals surface area (Å²) in [7, 11) is 2.16. The van der Waals surface area contributed by atoms with Gasteiger partial charge >= 0.3 is 6.03 Å². The number of benzene rings is 2. The van der Waals surface area contributed by atoms with Gasteiger partial charge in [0.2, 0.25) is 12.7 Å². The summed E-state index contributed by atoms with van der Waals surface area (Å²) in [6.07, 6.45) is 6.47. The molecule has 3 aliphatic rings. The van der Waals surface area contributed by atoms with Crippen LogP contribution < -0.4 is 24.8 Å². The van der Waals surface area contributed by atoms with Crippen LogP contribution in [-0.4, -0.2) is 79.1 Å². The lowest BCUT2D eigenvalue weighted by molar-refractivity contribution is -0.134. The Morgan fingerprint density at radius 3 is 2.45 bits per heavy atom. The number of aliphatic hydroxyl groups excluding tert-OH is 1. The van der Waals surface area contributed by atoms with Crippen LogP contribution >= 0.6 is 0 Å². The standard InChI is InChI=1S/C32H44N4O6/c1-21-16-36(22(2)19-37)31(38)14-24-13-25(33-32(39)34-26-10-12-28-29(15-26)41-20-40-28)9-11-27(24)42-30(21)18-35(3)17-23-7-5-4-6-8-23/h9-13,15,21-23,30,37H,4-8,14,16-20H2,1-3H3,(H2,33,34,39)/t21-,22-,30+/m0/s1. The molecule has 2 aromatic carbocycles. The third-order valence-electron chi connectivity index (χ3n) is 8.59. The van der Waals surface area contributed by atoms with Gasteiger partial charge in [0.25, 0.3) is 0 Å². The van der Waals surface area contributed by atoms with Gasteiger partial charge in [-0.1, -0.05) is 26.2 Å². The van der Waals surface area contributed by atoms with Crippen molar-refractivity contribution in [2.75, 3.05) is 50.7 Å². The molecule has 3 amide bonds. The van der Waals surface area contributed by atoms with Crippen molar-refractivity contribution in [1.82, 2.24) is 9.80 Å². The lowest BCUT2D eigenvalue weighted by atomic mass is 9.89. The third-order valence-corrected chi connectivity index (χ3v) is 8.59. The lowest BCUT2D eigenvalue weighted by Crippen LogP contribution is -2.48. The van der Waals surface area contributed by atoms with Crippen LogP contribution in [0.1, 0.15) is 51.5 Å². The number of carbonyl (C=O) groups is 2. The van der Waals surface area contributed by atoms with Crippen LogP contribution in [0.25, 0.3) is 0 Å². The van der Waals surface area contributed by atoms with Crippen molar-refractivity contribution in [3.8, 4) is 17.2 Å². The van der Waals surface area contributed by atoms with Crippen molar-refractivity contribution in [2.24, 2.45) is 11.8 Å². The maximum absolute atomic E-state index is 13.5. The predicted molar refractivity (Wildman–Crippen MR) is 161 cm³/mol. The number of amides is 3. The molecule has 5 rings (SSSR count). The summed E-state index contributed by atoms with van der Waals surface area (Å²) in [5.41, 5.74) is 1.81. The summed E-state index contributed by atoms with van der Waals surface area (Å²) < 4.78 is 17.4. The maximum atomic E-state index is 13.5. The molecule has 0 saturated heterocycles. The topological polar surface area (TPSA) is 113 Å². The van der Waals surface area contributed by atoms with Crippen LogP contribution in [0.2, 0.25) is 0 Å². The van der Waals surface area contributed by atoms with E-state index in [0.717, 1.165) is 13.1 Å². The number of hydrogen-bond acceptors (Lipinski definition) is 7. The molecule has 1 fully saturated rings. The summed E-state index contributed by atoms with van der Waals surface area (Å²) in [6, 6.07) is 9.90. The number of hydrogen-bond donors (Lipinski definition) is 3. The van der Waals surface area contributed by atoms with Gasteiger partial charge in [-0.25, -0.2) is 4.79 Å². The van der Waals surface area contributed by atoms with E-state index in [4.69, 9.17) is 14.2 Å². The third kappa shape index (κ3) is 7.46. The molecule has 0 bridgehead atoms. The largest absolute Gasteiger partial charge is 0.488 e. The van der Waals surface area contributed by atoms with Crippen LogP contribution in [0, 0.1) is 11.8 Å². The highest BCUT2D eigenvalue weighted by Gasteiger charge is 2.31. The molecule has 0 aromatic heterocycles. The molecule has 42 heavy (non-hydrogen) atoms. The molecule has 3 atom stereocenters. The van der Waals surface area contributed by atoms with Gasteiger partial charge in [-0.05, 0) is 63.1 Å². The number of anilines is 2. The Bertz CT molecular complexity index is 1250. The van der Waals surface area contributed by atoms with E-state index in [2.05, 4.69) is 29.5 Å². The Balaban J connectivity index is 1.32. The van der Waals surface area contributed by atoms with Gasteiger partial charge in [0.15, 0.2) is 11.5 Å². The van der Waals surface area contributed by atoms with Crippen molar-refractivity contribution < 1.29 is 28.9 Å². The second-order valence-corrected chi connectivity index (χ2v) is 12.1. The Hall–Kier alpha value is -3.50. The highest BCUT2D eigenvalue weighted by atomic mass is 16.7. The van der Waals surface area contributed by atoms with Crippen LogP contribution in [-0.2, 0) is 11.2 Å². The number of aliphatic hydroxyl groups is 1. The Labute approximate surface area is 248 Å². The summed E-state index contributed by atoms with van der Waals surface area (Å²) >= 11 is 0. The number of fused-ring (bicyclic) bond motifs is 2. The Morgan fingerprint density at radius 1 is 1.02 bits per heavy atom. The molecular formula is C32H44N4O6. The van der Waals surface area contributed by atoms with Crippen LogP contribution in [0.4, 0.5) is 16.2 Å². The minimum absolute atomic E-state index is 0.0491. The SMILES string of the molecule is C[C@H]1CN([C@@H](C)CO)C(=O)Cc2cc(NC(=O)Nc3ccc4c(c3)OCO4)ccc2O[C@@H]1CN(C)CC1CCCCC1. The maximum Gasteiger partial charge on any atom is 0.323 e. The number of urea groups is 1. The first-order chi connectivity index (χ1) is 20.3. The van der Waals surface area contributed by atoms with E-state index in [1.165, 1.54) is 32.1 Å². The number of carbonyl (C=O) groups excluding carboxylic acids is 2. The monoisotopic (exact) mass is 580 g/mol. The zero-order valence-corrected chi connectivity index (χ0v) is 24.9. The minimum Gasteiger partial charge on any atom is -0.488 e.